The first-order chi connectivity index (χ1) is 15.9. The third-order valence-corrected chi connectivity index (χ3v) is 5.64. The lowest BCUT2D eigenvalue weighted by Crippen LogP contribution is -2.29. The van der Waals surface area contributed by atoms with E-state index in [9.17, 15) is 19.6 Å². The maximum Gasteiger partial charge on any atom is 0.326 e. The Labute approximate surface area is 194 Å². The van der Waals surface area contributed by atoms with E-state index in [0.29, 0.717) is 45.4 Å². The number of nitriles is 1. The Morgan fingerprint density at radius 2 is 1.94 bits per heavy atom. The van der Waals surface area contributed by atoms with E-state index in [4.69, 9.17) is 11.6 Å². The number of carboxylic acids is 1. The van der Waals surface area contributed by atoms with E-state index in [-0.39, 0.29) is 10.6 Å². The largest absolute Gasteiger partial charge is 0.480 e. The number of pyridine rings is 2. The second-order valence-electron chi connectivity index (χ2n) is 7.34. The van der Waals surface area contributed by atoms with Gasteiger partial charge < -0.3 is 10.4 Å². The molecule has 0 spiro atoms. The van der Waals surface area contributed by atoms with Gasteiger partial charge in [-0.25, -0.2) is 14.2 Å². The third kappa shape index (κ3) is 4.21. The van der Waals surface area contributed by atoms with Gasteiger partial charge in [-0.3, -0.25) is 4.98 Å². The first-order valence-corrected chi connectivity index (χ1v) is 10.5. The minimum absolute atomic E-state index is 0.0339. The number of carboxylic acid groups (broad SMARTS) is 1. The third-order valence-electron chi connectivity index (χ3n) is 5.35. The van der Waals surface area contributed by atoms with Gasteiger partial charge in [-0.15, -0.1) is 0 Å². The van der Waals surface area contributed by atoms with Crippen LogP contribution in [0.1, 0.15) is 18.9 Å². The molecule has 6 nitrogen and oxygen atoms in total. The molecule has 2 N–H and O–H groups in total. The molecule has 4 rings (SSSR count). The van der Waals surface area contributed by atoms with E-state index in [1.807, 2.05) is 0 Å². The number of rotatable bonds is 6. The Kier molecular flexibility index (Phi) is 6.20. The Morgan fingerprint density at radius 1 is 1.21 bits per heavy atom. The number of hydrogen-bond donors (Lipinski definition) is 2. The molecule has 0 aliphatic carbocycles. The van der Waals surface area contributed by atoms with Crippen LogP contribution < -0.4 is 5.32 Å². The Bertz CT molecular complexity index is 1400. The van der Waals surface area contributed by atoms with Crippen LogP contribution in [0.2, 0.25) is 5.02 Å². The normalized spacial score (nSPS) is 11.7. The SMILES string of the molecule is CC[C@@H](Nc1c(C#N)c(-c2ccc(-c3cccc(Cl)c3F)cc2)nc2cnccc12)C(=O)O. The number of carbonyl (C=O) groups is 1. The zero-order chi connectivity index (χ0) is 23.5. The Morgan fingerprint density at radius 3 is 2.61 bits per heavy atom. The van der Waals surface area contributed by atoms with E-state index in [1.165, 1.54) is 6.07 Å². The molecule has 0 bridgehead atoms. The maximum absolute atomic E-state index is 14.4. The van der Waals surface area contributed by atoms with Crippen LogP contribution in [0.15, 0.2) is 60.9 Å². The van der Waals surface area contributed by atoms with Crippen molar-refractivity contribution in [2.45, 2.75) is 19.4 Å². The maximum atomic E-state index is 14.4. The van der Waals surface area contributed by atoms with Gasteiger partial charge in [-0.2, -0.15) is 5.26 Å². The second kappa shape index (κ2) is 9.23. The van der Waals surface area contributed by atoms with Crippen LogP contribution in [0.5, 0.6) is 0 Å². The molecule has 8 heteroatoms. The van der Waals surface area contributed by atoms with Gasteiger partial charge in [-0.05, 0) is 24.1 Å². The summed E-state index contributed by atoms with van der Waals surface area (Å²) in [6, 6.07) is 14.7. The molecule has 4 aromatic rings. The molecule has 2 aromatic carbocycles. The number of aliphatic carboxylic acids is 1. The smallest absolute Gasteiger partial charge is 0.326 e. The molecular formula is C25H18ClFN4O2. The predicted octanol–water partition coefficient (Wildman–Crippen LogP) is 5.90. The monoisotopic (exact) mass is 460 g/mol. The lowest BCUT2D eigenvalue weighted by molar-refractivity contribution is -0.137. The molecule has 2 heterocycles. The van der Waals surface area contributed by atoms with Gasteiger partial charge in [-0.1, -0.05) is 54.9 Å². The number of halogens is 2. The fraction of sp³-hybridized carbons (Fsp3) is 0.120. The van der Waals surface area contributed by atoms with Gasteiger partial charge in [0.15, 0.2) is 0 Å². The molecule has 1 atom stereocenters. The van der Waals surface area contributed by atoms with Crippen molar-refractivity contribution in [1.82, 2.24) is 9.97 Å². The summed E-state index contributed by atoms with van der Waals surface area (Å²) in [5.41, 5.74) is 3.09. The number of nitrogens with one attached hydrogen (secondary N) is 1. The van der Waals surface area contributed by atoms with Crippen molar-refractivity contribution in [3.63, 3.8) is 0 Å². The van der Waals surface area contributed by atoms with Gasteiger partial charge in [0.2, 0.25) is 0 Å². The molecule has 0 unspecified atom stereocenters. The highest BCUT2D eigenvalue weighted by atomic mass is 35.5. The average molecular weight is 461 g/mol. The first kappa shape index (κ1) is 22.2. The molecule has 164 valence electrons. The van der Waals surface area contributed by atoms with Crippen molar-refractivity contribution in [3.05, 3.63) is 77.3 Å². The topological polar surface area (TPSA) is 98.9 Å². The molecule has 2 aromatic heterocycles. The summed E-state index contributed by atoms with van der Waals surface area (Å²) in [5, 5.41) is 23.1. The minimum Gasteiger partial charge on any atom is -0.480 e. The van der Waals surface area contributed by atoms with Gasteiger partial charge in [0.1, 0.15) is 23.5 Å². The second-order valence-corrected chi connectivity index (χ2v) is 7.74. The molecule has 0 fully saturated rings. The van der Waals surface area contributed by atoms with Gasteiger partial charge in [0.05, 0.1) is 28.1 Å². The van der Waals surface area contributed by atoms with Crippen LogP contribution in [-0.2, 0) is 4.79 Å². The lowest BCUT2D eigenvalue weighted by Gasteiger charge is -2.18. The molecule has 0 saturated carbocycles. The predicted molar refractivity (Wildman–Crippen MR) is 125 cm³/mol. The van der Waals surface area contributed by atoms with Crippen molar-refractivity contribution in [1.29, 1.82) is 5.26 Å². The zero-order valence-electron chi connectivity index (χ0n) is 17.5. The molecular weight excluding hydrogens is 443 g/mol. The van der Waals surface area contributed by atoms with Crippen LogP contribution in [0.25, 0.3) is 33.3 Å². The summed E-state index contributed by atoms with van der Waals surface area (Å²) >= 11 is 5.90. The number of fused-ring (bicyclic) bond motifs is 1. The van der Waals surface area contributed by atoms with Crippen molar-refractivity contribution >= 4 is 34.2 Å². The molecule has 0 radical (unpaired) electrons. The number of hydrogen-bond acceptors (Lipinski definition) is 5. The summed E-state index contributed by atoms with van der Waals surface area (Å²) in [6.07, 6.45) is 3.44. The van der Waals surface area contributed by atoms with E-state index in [0.717, 1.165) is 0 Å². The fourth-order valence-electron chi connectivity index (χ4n) is 3.63. The number of aromatic nitrogens is 2. The number of nitrogens with zero attached hydrogens (tertiary/aromatic N) is 3. The molecule has 0 aliphatic rings. The van der Waals surface area contributed by atoms with Gasteiger partial charge in [0.25, 0.3) is 0 Å². The van der Waals surface area contributed by atoms with Crippen LogP contribution >= 0.6 is 11.6 Å². The highest BCUT2D eigenvalue weighted by Crippen LogP contribution is 2.35. The highest BCUT2D eigenvalue weighted by Gasteiger charge is 2.22. The summed E-state index contributed by atoms with van der Waals surface area (Å²) in [5.74, 6) is -1.53. The van der Waals surface area contributed by atoms with Crippen LogP contribution in [0.3, 0.4) is 0 Å². The zero-order valence-corrected chi connectivity index (χ0v) is 18.3. The van der Waals surface area contributed by atoms with Gasteiger partial charge >= 0.3 is 5.97 Å². The lowest BCUT2D eigenvalue weighted by atomic mass is 9.98. The number of benzene rings is 2. The minimum atomic E-state index is -1.02. The van der Waals surface area contributed by atoms with E-state index in [1.54, 1.807) is 61.8 Å². The first-order valence-electron chi connectivity index (χ1n) is 10.2. The molecule has 0 aliphatic heterocycles. The van der Waals surface area contributed by atoms with E-state index >= 15 is 0 Å². The van der Waals surface area contributed by atoms with Crippen molar-refractivity contribution in [3.8, 4) is 28.5 Å². The standard InChI is InChI=1S/C25H18ClFN4O2/c1-2-20(25(32)33)30-24-17-10-11-29-13-21(17)31-23(18(24)12-28)15-8-6-14(7-9-15)16-4-3-5-19(26)22(16)27/h3-11,13,20H,2H2,1H3,(H,30,31)(H,32,33)/t20-/m1/s1. The fourth-order valence-corrected chi connectivity index (χ4v) is 3.81. The van der Waals surface area contributed by atoms with Crippen LogP contribution in [0.4, 0.5) is 10.1 Å². The van der Waals surface area contributed by atoms with Crippen LogP contribution in [0, 0.1) is 17.1 Å². The van der Waals surface area contributed by atoms with Crippen molar-refractivity contribution in [2.24, 2.45) is 0 Å². The Balaban J connectivity index is 1.86. The van der Waals surface area contributed by atoms with Crippen molar-refractivity contribution in [2.75, 3.05) is 5.32 Å². The summed E-state index contributed by atoms with van der Waals surface area (Å²) in [4.78, 5) is 20.4. The van der Waals surface area contributed by atoms with Gasteiger partial charge in [0, 0.05) is 22.7 Å². The number of anilines is 1. The summed E-state index contributed by atoms with van der Waals surface area (Å²) < 4.78 is 14.4. The highest BCUT2D eigenvalue weighted by molar-refractivity contribution is 6.31. The quantitative estimate of drug-likeness (QED) is 0.371. The molecule has 33 heavy (non-hydrogen) atoms. The average Bonchev–Trinajstić information content (AvgIpc) is 2.83. The van der Waals surface area contributed by atoms with E-state index in [2.05, 4.69) is 21.4 Å². The summed E-state index contributed by atoms with van der Waals surface area (Å²) in [7, 11) is 0. The molecule has 0 saturated heterocycles. The van der Waals surface area contributed by atoms with E-state index < -0.39 is 17.8 Å². The Hall–Kier alpha value is -4.02. The summed E-state index contributed by atoms with van der Waals surface area (Å²) in [6.45, 7) is 1.75. The molecule has 0 amide bonds. The van der Waals surface area contributed by atoms with Crippen molar-refractivity contribution < 1.29 is 14.3 Å². The van der Waals surface area contributed by atoms with Crippen LogP contribution in [-0.4, -0.2) is 27.1 Å².